The number of aromatic nitrogens is 1. The lowest BCUT2D eigenvalue weighted by molar-refractivity contribution is 0.0650. The number of fused-ring (bicyclic) bond motifs is 1. The molecule has 1 aromatic heterocycles. The Bertz CT molecular complexity index is 670. The number of aromatic amines is 1. The molecule has 0 aliphatic heterocycles. The second kappa shape index (κ2) is 7.04. The van der Waals surface area contributed by atoms with Crippen LogP contribution in [0, 0.1) is 12.3 Å². The predicted octanol–water partition coefficient (Wildman–Crippen LogP) is 2.73. The van der Waals surface area contributed by atoms with Gasteiger partial charge in [-0.2, -0.15) is 0 Å². The maximum Gasteiger partial charge on any atom is 0.314 e. The van der Waals surface area contributed by atoms with Crippen LogP contribution in [-0.2, 0) is 6.42 Å². The highest BCUT2D eigenvalue weighted by Gasteiger charge is 2.22. The molecule has 1 heterocycles. The van der Waals surface area contributed by atoms with Crippen molar-refractivity contribution >= 4 is 16.9 Å². The van der Waals surface area contributed by atoms with E-state index in [1.807, 2.05) is 33.0 Å². The Morgan fingerprint density at radius 1 is 1.30 bits per heavy atom. The van der Waals surface area contributed by atoms with E-state index >= 15 is 0 Å². The zero-order valence-electron chi connectivity index (χ0n) is 14.4. The van der Waals surface area contributed by atoms with Gasteiger partial charge >= 0.3 is 6.03 Å². The number of nitrogens with one attached hydrogen (secondary N) is 3. The zero-order valence-corrected chi connectivity index (χ0v) is 14.4. The molecule has 126 valence electrons. The van der Waals surface area contributed by atoms with E-state index in [2.05, 4.69) is 34.7 Å². The topological polar surface area (TPSA) is 77.2 Å². The zero-order chi connectivity index (χ0) is 17.0. The molecule has 2 amide bonds. The van der Waals surface area contributed by atoms with E-state index in [4.69, 9.17) is 0 Å². The lowest BCUT2D eigenvalue weighted by Crippen LogP contribution is -2.44. The van der Waals surface area contributed by atoms with Crippen LogP contribution in [0.4, 0.5) is 4.79 Å². The van der Waals surface area contributed by atoms with Crippen molar-refractivity contribution in [2.75, 3.05) is 13.1 Å². The number of carbonyl (C=O) groups excluding carboxylic acids is 1. The standard InChI is InChI=1S/C18H27N3O2/c1-12-6-5-7-14-16(12)13(10-20-14)8-9-19-17(23)21-11-15(22)18(2,3)4/h5-7,10,15,20,22H,8-9,11H2,1-4H3,(H2,19,21,23). The van der Waals surface area contributed by atoms with Gasteiger partial charge in [0.15, 0.2) is 0 Å². The molecule has 2 aromatic rings. The number of aliphatic hydroxyl groups excluding tert-OH is 1. The number of hydrogen-bond acceptors (Lipinski definition) is 2. The molecular formula is C18H27N3O2. The molecule has 0 saturated heterocycles. The van der Waals surface area contributed by atoms with Crippen LogP contribution in [-0.4, -0.2) is 35.3 Å². The second-order valence-electron chi connectivity index (χ2n) is 7.08. The first-order valence-corrected chi connectivity index (χ1v) is 8.04. The summed E-state index contributed by atoms with van der Waals surface area (Å²) in [7, 11) is 0. The predicted molar refractivity (Wildman–Crippen MR) is 93.6 cm³/mol. The number of carbonyl (C=O) groups is 1. The molecule has 0 bridgehead atoms. The van der Waals surface area contributed by atoms with Gasteiger partial charge in [0.2, 0.25) is 0 Å². The molecule has 1 unspecified atom stereocenters. The number of urea groups is 1. The molecule has 0 saturated carbocycles. The van der Waals surface area contributed by atoms with Crippen molar-refractivity contribution in [3.8, 4) is 0 Å². The molecule has 1 atom stereocenters. The monoisotopic (exact) mass is 317 g/mol. The molecule has 1 aromatic carbocycles. The number of aryl methyl sites for hydroxylation is 1. The molecule has 5 heteroatoms. The number of rotatable bonds is 5. The number of benzene rings is 1. The summed E-state index contributed by atoms with van der Waals surface area (Å²) < 4.78 is 0. The lowest BCUT2D eigenvalue weighted by atomic mass is 9.89. The van der Waals surface area contributed by atoms with E-state index < -0.39 is 6.10 Å². The number of hydrogen-bond donors (Lipinski definition) is 4. The van der Waals surface area contributed by atoms with Crippen molar-refractivity contribution in [1.29, 1.82) is 0 Å². The van der Waals surface area contributed by atoms with Gasteiger partial charge in [-0.3, -0.25) is 0 Å². The van der Waals surface area contributed by atoms with Gasteiger partial charge in [0.25, 0.3) is 0 Å². The van der Waals surface area contributed by atoms with Gasteiger partial charge in [0, 0.05) is 30.2 Å². The summed E-state index contributed by atoms with van der Waals surface area (Å²) in [6, 6.07) is 5.93. The van der Waals surface area contributed by atoms with Gasteiger partial charge in [-0.15, -0.1) is 0 Å². The molecule has 0 radical (unpaired) electrons. The summed E-state index contributed by atoms with van der Waals surface area (Å²) in [6.07, 6.45) is 2.20. The molecule has 0 fully saturated rings. The van der Waals surface area contributed by atoms with Gasteiger partial charge in [-0.1, -0.05) is 32.9 Å². The minimum absolute atomic E-state index is 0.241. The van der Waals surface area contributed by atoms with E-state index in [0.717, 1.165) is 11.9 Å². The number of amides is 2. The summed E-state index contributed by atoms with van der Waals surface area (Å²) in [5.41, 5.74) is 3.32. The summed E-state index contributed by atoms with van der Waals surface area (Å²) in [4.78, 5) is 15.1. The van der Waals surface area contributed by atoms with E-state index in [-0.39, 0.29) is 18.0 Å². The van der Waals surface area contributed by atoms with Crippen LogP contribution in [0.15, 0.2) is 24.4 Å². The molecule has 23 heavy (non-hydrogen) atoms. The van der Waals surface area contributed by atoms with Crippen LogP contribution in [0.3, 0.4) is 0 Å². The molecule has 2 rings (SSSR count). The Hall–Kier alpha value is -2.01. The Morgan fingerprint density at radius 2 is 2.04 bits per heavy atom. The van der Waals surface area contributed by atoms with Gasteiger partial charge in [-0.25, -0.2) is 4.79 Å². The van der Waals surface area contributed by atoms with Crippen molar-refractivity contribution in [2.24, 2.45) is 5.41 Å². The van der Waals surface area contributed by atoms with E-state index in [9.17, 15) is 9.90 Å². The van der Waals surface area contributed by atoms with E-state index in [1.165, 1.54) is 16.5 Å². The second-order valence-corrected chi connectivity index (χ2v) is 7.08. The fourth-order valence-corrected chi connectivity index (χ4v) is 2.52. The summed E-state index contributed by atoms with van der Waals surface area (Å²) in [6.45, 7) is 8.72. The van der Waals surface area contributed by atoms with Crippen LogP contribution in [0.1, 0.15) is 31.9 Å². The quantitative estimate of drug-likeness (QED) is 0.684. The highest BCUT2D eigenvalue weighted by molar-refractivity contribution is 5.86. The lowest BCUT2D eigenvalue weighted by Gasteiger charge is -2.25. The van der Waals surface area contributed by atoms with Crippen LogP contribution in [0.5, 0.6) is 0 Å². The third-order valence-electron chi connectivity index (χ3n) is 4.13. The van der Waals surface area contributed by atoms with Gasteiger partial charge < -0.3 is 20.7 Å². The Balaban J connectivity index is 1.81. The summed E-state index contributed by atoms with van der Waals surface area (Å²) in [5, 5.41) is 16.7. The molecule has 0 spiro atoms. The van der Waals surface area contributed by atoms with E-state index in [1.54, 1.807) is 0 Å². The average Bonchev–Trinajstić information content (AvgIpc) is 2.88. The Kier molecular flexibility index (Phi) is 5.31. The highest BCUT2D eigenvalue weighted by Crippen LogP contribution is 2.22. The minimum atomic E-state index is -0.565. The van der Waals surface area contributed by atoms with Crippen molar-refractivity contribution in [3.63, 3.8) is 0 Å². The van der Waals surface area contributed by atoms with Crippen molar-refractivity contribution in [2.45, 2.75) is 40.2 Å². The first-order valence-electron chi connectivity index (χ1n) is 8.04. The maximum absolute atomic E-state index is 11.8. The largest absolute Gasteiger partial charge is 0.391 e. The fraction of sp³-hybridized carbons (Fsp3) is 0.500. The summed E-state index contributed by atoms with van der Waals surface area (Å²) in [5.74, 6) is 0. The summed E-state index contributed by atoms with van der Waals surface area (Å²) >= 11 is 0. The first kappa shape index (κ1) is 17.3. The third kappa shape index (κ3) is 4.48. The smallest absolute Gasteiger partial charge is 0.314 e. The van der Waals surface area contributed by atoms with E-state index in [0.29, 0.717) is 6.54 Å². The minimum Gasteiger partial charge on any atom is -0.391 e. The third-order valence-corrected chi connectivity index (χ3v) is 4.13. The SMILES string of the molecule is Cc1cccc2[nH]cc(CCNC(=O)NCC(O)C(C)(C)C)c12. The van der Waals surface area contributed by atoms with Crippen molar-refractivity contribution < 1.29 is 9.90 Å². The van der Waals surface area contributed by atoms with Crippen LogP contribution < -0.4 is 10.6 Å². The molecular weight excluding hydrogens is 290 g/mol. The Morgan fingerprint density at radius 3 is 2.74 bits per heavy atom. The maximum atomic E-state index is 11.8. The molecule has 0 aliphatic rings. The van der Waals surface area contributed by atoms with Crippen LogP contribution >= 0.6 is 0 Å². The van der Waals surface area contributed by atoms with Gasteiger partial charge in [0.05, 0.1) is 6.10 Å². The Labute approximate surface area is 137 Å². The van der Waals surface area contributed by atoms with Gasteiger partial charge in [-0.05, 0) is 36.0 Å². The van der Waals surface area contributed by atoms with Crippen LogP contribution in [0.2, 0.25) is 0 Å². The van der Waals surface area contributed by atoms with Crippen molar-refractivity contribution in [1.82, 2.24) is 15.6 Å². The first-order chi connectivity index (χ1) is 10.8. The normalized spacial score (nSPS) is 13.1. The molecule has 0 aliphatic carbocycles. The highest BCUT2D eigenvalue weighted by atomic mass is 16.3. The number of H-pyrrole nitrogens is 1. The molecule has 5 nitrogen and oxygen atoms in total. The van der Waals surface area contributed by atoms with Crippen LogP contribution in [0.25, 0.3) is 10.9 Å². The average molecular weight is 317 g/mol. The number of aliphatic hydroxyl groups is 1. The van der Waals surface area contributed by atoms with Gasteiger partial charge in [0.1, 0.15) is 0 Å². The molecule has 4 N–H and O–H groups in total. The fourth-order valence-electron chi connectivity index (χ4n) is 2.52. The van der Waals surface area contributed by atoms with Crippen molar-refractivity contribution in [3.05, 3.63) is 35.5 Å².